The molecule has 146 valence electrons. The predicted molar refractivity (Wildman–Crippen MR) is 107 cm³/mol. The Morgan fingerprint density at radius 2 is 2.11 bits per heavy atom. The first kappa shape index (κ1) is 19.8. The summed E-state index contributed by atoms with van der Waals surface area (Å²) in [7, 11) is 1.53. The smallest absolute Gasteiger partial charge is 0.268 e. The minimum Gasteiger partial charge on any atom is -0.495 e. The van der Waals surface area contributed by atoms with Gasteiger partial charge in [0.05, 0.1) is 25.9 Å². The molecular formula is C20H21N3O4S. The Morgan fingerprint density at radius 1 is 1.32 bits per heavy atom. The Hall–Kier alpha value is -2.97. The summed E-state index contributed by atoms with van der Waals surface area (Å²) in [6, 6.07) is 8.84. The Kier molecular flexibility index (Phi) is 6.23. The number of thiazole rings is 1. The first-order valence-electron chi connectivity index (χ1n) is 8.71. The van der Waals surface area contributed by atoms with E-state index in [9.17, 15) is 14.7 Å². The number of aryl methyl sites for hydroxylation is 1. The summed E-state index contributed by atoms with van der Waals surface area (Å²) >= 11 is 1.42. The van der Waals surface area contributed by atoms with Crippen molar-refractivity contribution in [1.29, 1.82) is 0 Å². The number of carbonyl (C=O) groups excluding carboxylic acids is 1. The van der Waals surface area contributed by atoms with Crippen molar-refractivity contribution in [3.8, 4) is 11.4 Å². The number of rotatable bonds is 7. The molecule has 0 spiro atoms. The highest BCUT2D eigenvalue weighted by molar-refractivity contribution is 7.09. The van der Waals surface area contributed by atoms with Crippen LogP contribution < -0.4 is 10.3 Å². The lowest BCUT2D eigenvalue weighted by Crippen LogP contribution is -2.38. The maximum absolute atomic E-state index is 13.2. The van der Waals surface area contributed by atoms with Crippen LogP contribution in [0.1, 0.15) is 20.9 Å². The molecule has 2 aromatic heterocycles. The van der Waals surface area contributed by atoms with Crippen molar-refractivity contribution >= 4 is 17.2 Å². The van der Waals surface area contributed by atoms with Gasteiger partial charge in [-0.05, 0) is 30.7 Å². The van der Waals surface area contributed by atoms with Gasteiger partial charge in [0.2, 0.25) is 0 Å². The van der Waals surface area contributed by atoms with E-state index in [1.807, 2.05) is 11.4 Å². The molecular weight excluding hydrogens is 378 g/mol. The van der Waals surface area contributed by atoms with Gasteiger partial charge in [-0.1, -0.05) is 12.1 Å². The topological polar surface area (TPSA) is 84.7 Å². The van der Waals surface area contributed by atoms with Gasteiger partial charge in [-0.2, -0.15) is 0 Å². The number of hydrogen-bond donors (Lipinski definition) is 1. The van der Waals surface area contributed by atoms with Gasteiger partial charge in [-0.15, -0.1) is 11.3 Å². The van der Waals surface area contributed by atoms with E-state index >= 15 is 0 Å². The van der Waals surface area contributed by atoms with Gasteiger partial charge in [0.15, 0.2) is 0 Å². The Morgan fingerprint density at radius 3 is 2.79 bits per heavy atom. The third kappa shape index (κ3) is 3.97. The Balaban J connectivity index is 2.05. The Bertz CT molecular complexity index is 1010. The zero-order valence-corrected chi connectivity index (χ0v) is 16.5. The highest BCUT2D eigenvalue weighted by Crippen LogP contribution is 2.21. The molecule has 0 saturated carbocycles. The molecule has 8 heteroatoms. The van der Waals surface area contributed by atoms with Crippen LogP contribution in [-0.2, 0) is 6.54 Å². The first-order chi connectivity index (χ1) is 13.6. The molecule has 1 aromatic carbocycles. The summed E-state index contributed by atoms with van der Waals surface area (Å²) in [5.74, 6) is 0.0952. The fourth-order valence-corrected chi connectivity index (χ4v) is 3.56. The van der Waals surface area contributed by atoms with Crippen molar-refractivity contribution in [2.24, 2.45) is 0 Å². The van der Waals surface area contributed by atoms with E-state index < -0.39 is 11.5 Å². The monoisotopic (exact) mass is 399 g/mol. The summed E-state index contributed by atoms with van der Waals surface area (Å²) in [6.07, 6.45) is 3.29. The number of methoxy groups -OCH3 is 1. The van der Waals surface area contributed by atoms with Crippen molar-refractivity contribution < 1.29 is 14.6 Å². The molecule has 1 N–H and O–H groups in total. The molecule has 2 heterocycles. The molecule has 1 amide bonds. The van der Waals surface area contributed by atoms with Gasteiger partial charge >= 0.3 is 0 Å². The van der Waals surface area contributed by atoms with Crippen LogP contribution in [0.5, 0.6) is 5.75 Å². The maximum atomic E-state index is 13.2. The largest absolute Gasteiger partial charge is 0.495 e. The lowest BCUT2D eigenvalue weighted by atomic mass is 10.1. The molecule has 7 nitrogen and oxygen atoms in total. The van der Waals surface area contributed by atoms with Crippen LogP contribution >= 0.6 is 11.3 Å². The van der Waals surface area contributed by atoms with Crippen molar-refractivity contribution in [2.75, 3.05) is 20.3 Å². The number of pyridine rings is 1. The molecule has 0 aliphatic carbocycles. The minimum absolute atomic E-state index is 0.0680. The molecule has 28 heavy (non-hydrogen) atoms. The number of aromatic nitrogens is 2. The normalized spacial score (nSPS) is 10.7. The van der Waals surface area contributed by atoms with Gasteiger partial charge < -0.3 is 14.7 Å². The molecule has 0 aliphatic rings. The van der Waals surface area contributed by atoms with Gasteiger partial charge in [-0.25, -0.2) is 4.98 Å². The molecule has 0 radical (unpaired) electrons. The molecule has 3 rings (SSSR count). The van der Waals surface area contributed by atoms with Crippen LogP contribution in [0.15, 0.2) is 52.9 Å². The number of amides is 1. The van der Waals surface area contributed by atoms with E-state index in [2.05, 4.69) is 4.98 Å². The molecule has 0 atom stereocenters. The maximum Gasteiger partial charge on any atom is 0.268 e. The minimum atomic E-state index is -0.434. The number of para-hydroxylation sites is 2. The number of nitrogens with zero attached hydrogens (tertiary/aromatic N) is 3. The fourth-order valence-electron chi connectivity index (χ4n) is 2.93. The molecule has 0 unspecified atom stereocenters. The zero-order chi connectivity index (χ0) is 20.1. The van der Waals surface area contributed by atoms with Gasteiger partial charge in [0, 0.05) is 24.3 Å². The summed E-state index contributed by atoms with van der Waals surface area (Å²) in [5, 5.41) is 11.9. The summed E-state index contributed by atoms with van der Waals surface area (Å²) in [6.45, 7) is 1.87. The van der Waals surface area contributed by atoms with Crippen molar-refractivity contribution in [3.63, 3.8) is 0 Å². The standard InChI is InChI=1S/C20H21N3O4S/c1-14-7-9-23(15-5-3-4-6-16(15)27-2)20(26)18(14)19(25)22(10-11-24)13-17-21-8-12-28-17/h3-9,12,24H,10-11,13H2,1-2H3. The SMILES string of the molecule is COc1ccccc1-n1ccc(C)c(C(=O)N(CCO)Cc2nccs2)c1=O. The van der Waals surface area contributed by atoms with Gasteiger partial charge in [0.1, 0.15) is 16.3 Å². The predicted octanol–water partition coefficient (Wildman–Crippen LogP) is 2.25. The van der Waals surface area contributed by atoms with E-state index in [0.717, 1.165) is 5.01 Å². The van der Waals surface area contributed by atoms with Crippen LogP contribution in [0.2, 0.25) is 0 Å². The number of carbonyl (C=O) groups is 1. The lowest BCUT2D eigenvalue weighted by molar-refractivity contribution is 0.0704. The van der Waals surface area contributed by atoms with E-state index in [4.69, 9.17) is 4.74 Å². The average molecular weight is 399 g/mol. The second-order valence-corrected chi connectivity index (χ2v) is 7.08. The lowest BCUT2D eigenvalue weighted by Gasteiger charge is -2.22. The van der Waals surface area contributed by atoms with Crippen molar-refractivity contribution in [1.82, 2.24) is 14.5 Å². The molecule has 0 bridgehead atoms. The van der Waals surface area contributed by atoms with Crippen LogP contribution in [-0.4, -0.2) is 45.7 Å². The van der Waals surface area contributed by atoms with Crippen LogP contribution in [0.3, 0.4) is 0 Å². The third-order valence-corrected chi connectivity index (χ3v) is 5.09. The average Bonchev–Trinajstić information content (AvgIpc) is 3.21. The number of hydrogen-bond acceptors (Lipinski definition) is 6. The summed E-state index contributed by atoms with van der Waals surface area (Å²) in [4.78, 5) is 32.0. The number of aliphatic hydroxyl groups excluding tert-OH is 1. The first-order valence-corrected chi connectivity index (χ1v) is 9.59. The molecule has 0 fully saturated rings. The third-order valence-electron chi connectivity index (χ3n) is 4.33. The van der Waals surface area contributed by atoms with Crippen LogP contribution in [0.4, 0.5) is 0 Å². The van der Waals surface area contributed by atoms with E-state index in [1.165, 1.54) is 27.9 Å². The second kappa shape index (κ2) is 8.81. The molecule has 0 saturated heterocycles. The fraction of sp³-hybridized carbons (Fsp3) is 0.250. The van der Waals surface area contributed by atoms with Gasteiger partial charge in [-0.3, -0.25) is 14.2 Å². The number of ether oxygens (including phenoxy) is 1. The quantitative estimate of drug-likeness (QED) is 0.659. The Labute approximate surface area is 166 Å². The highest BCUT2D eigenvalue weighted by Gasteiger charge is 2.23. The van der Waals surface area contributed by atoms with Crippen molar-refractivity contribution in [2.45, 2.75) is 13.5 Å². The van der Waals surface area contributed by atoms with Gasteiger partial charge in [0.25, 0.3) is 11.5 Å². The zero-order valence-electron chi connectivity index (χ0n) is 15.7. The highest BCUT2D eigenvalue weighted by atomic mass is 32.1. The van der Waals surface area contributed by atoms with Crippen LogP contribution in [0.25, 0.3) is 5.69 Å². The van der Waals surface area contributed by atoms with Crippen LogP contribution in [0, 0.1) is 6.92 Å². The second-order valence-electron chi connectivity index (χ2n) is 6.10. The van der Waals surface area contributed by atoms with E-state index in [1.54, 1.807) is 43.6 Å². The van der Waals surface area contributed by atoms with E-state index in [-0.39, 0.29) is 25.3 Å². The van der Waals surface area contributed by atoms with Crippen molar-refractivity contribution in [3.05, 3.63) is 74.6 Å². The number of benzene rings is 1. The number of aliphatic hydroxyl groups is 1. The summed E-state index contributed by atoms with van der Waals surface area (Å²) < 4.78 is 6.75. The van der Waals surface area contributed by atoms with E-state index in [0.29, 0.717) is 17.0 Å². The molecule has 0 aliphatic heterocycles. The molecule has 3 aromatic rings. The summed E-state index contributed by atoms with van der Waals surface area (Å²) in [5.41, 5.74) is 0.760.